The van der Waals surface area contributed by atoms with Gasteiger partial charge in [0, 0.05) is 18.1 Å². The van der Waals surface area contributed by atoms with Crippen LogP contribution in [0, 0.1) is 0 Å². The van der Waals surface area contributed by atoms with Gasteiger partial charge in [-0.2, -0.15) is 0 Å². The highest BCUT2D eigenvalue weighted by atomic mass is 35.5. The fourth-order valence-electron chi connectivity index (χ4n) is 2.00. The van der Waals surface area contributed by atoms with Crippen LogP contribution in [0.15, 0.2) is 23.1 Å². The summed E-state index contributed by atoms with van der Waals surface area (Å²) in [5, 5.41) is 0.330. The molecule has 1 aliphatic rings. The van der Waals surface area contributed by atoms with Gasteiger partial charge in [0.15, 0.2) is 0 Å². The number of likely N-dealkylation sites (tertiary alicyclic amines) is 1. The van der Waals surface area contributed by atoms with Gasteiger partial charge in [-0.05, 0) is 31.0 Å². The van der Waals surface area contributed by atoms with Crippen molar-refractivity contribution in [1.29, 1.82) is 0 Å². The first-order valence-corrected chi connectivity index (χ1v) is 8.36. The van der Waals surface area contributed by atoms with Crippen LogP contribution in [-0.4, -0.2) is 38.9 Å². The highest BCUT2D eigenvalue weighted by molar-refractivity contribution is 7.89. The molecule has 2 rings (SSSR count). The molecule has 1 aromatic carbocycles. The van der Waals surface area contributed by atoms with E-state index in [0.717, 1.165) is 12.8 Å². The summed E-state index contributed by atoms with van der Waals surface area (Å²) < 4.78 is 26.5. The van der Waals surface area contributed by atoms with Crippen LogP contribution in [0.2, 0.25) is 10.0 Å². The Hall–Kier alpha value is -0.820. The van der Waals surface area contributed by atoms with E-state index in [1.54, 1.807) is 4.90 Å². The molecule has 1 N–H and O–H groups in total. The maximum Gasteiger partial charge on any atom is 0.242 e. The van der Waals surface area contributed by atoms with Crippen molar-refractivity contribution in [3.8, 4) is 0 Å². The number of carbonyl (C=O) groups excluding carboxylic acids is 1. The fraction of sp³-hybridized carbons (Fsp3) is 0.417. The minimum absolute atomic E-state index is 0.0653. The number of carbonyl (C=O) groups is 1. The normalized spacial score (nSPS) is 15.6. The second-order valence-corrected chi connectivity index (χ2v) is 7.07. The Balaban J connectivity index is 2.07. The molecule has 0 bridgehead atoms. The van der Waals surface area contributed by atoms with Gasteiger partial charge in [-0.1, -0.05) is 23.2 Å². The van der Waals surface area contributed by atoms with Gasteiger partial charge in [0.25, 0.3) is 0 Å². The molecule has 1 aliphatic heterocycles. The molecule has 20 heavy (non-hydrogen) atoms. The van der Waals surface area contributed by atoms with E-state index in [9.17, 15) is 13.2 Å². The number of hydrogen-bond donors (Lipinski definition) is 1. The van der Waals surface area contributed by atoms with Gasteiger partial charge in [-0.15, -0.1) is 0 Å². The molecule has 1 heterocycles. The Bertz CT molecular complexity index is 613. The lowest BCUT2D eigenvalue weighted by Gasteiger charge is -2.15. The van der Waals surface area contributed by atoms with Gasteiger partial charge in [0.1, 0.15) is 4.90 Å². The van der Waals surface area contributed by atoms with Gasteiger partial charge < -0.3 is 4.90 Å². The first-order valence-electron chi connectivity index (χ1n) is 6.12. The van der Waals surface area contributed by atoms with Crippen LogP contribution in [0.4, 0.5) is 0 Å². The van der Waals surface area contributed by atoms with Crippen LogP contribution in [0.1, 0.15) is 12.8 Å². The lowest BCUT2D eigenvalue weighted by molar-refractivity contribution is -0.128. The van der Waals surface area contributed by atoms with Crippen LogP contribution in [0.25, 0.3) is 0 Å². The minimum Gasteiger partial charge on any atom is -0.342 e. The van der Waals surface area contributed by atoms with Crippen molar-refractivity contribution in [1.82, 2.24) is 9.62 Å². The third kappa shape index (κ3) is 3.63. The lowest BCUT2D eigenvalue weighted by Crippen LogP contribution is -2.38. The number of benzene rings is 1. The molecule has 0 aromatic heterocycles. The summed E-state index contributed by atoms with van der Waals surface area (Å²) >= 11 is 11.6. The van der Waals surface area contributed by atoms with E-state index < -0.39 is 10.0 Å². The van der Waals surface area contributed by atoms with E-state index in [0.29, 0.717) is 13.1 Å². The summed E-state index contributed by atoms with van der Waals surface area (Å²) in [7, 11) is -3.85. The van der Waals surface area contributed by atoms with Crippen molar-refractivity contribution in [2.75, 3.05) is 19.6 Å². The number of nitrogens with zero attached hydrogens (tertiary/aromatic N) is 1. The Labute approximate surface area is 127 Å². The molecule has 1 saturated heterocycles. The summed E-state index contributed by atoms with van der Waals surface area (Å²) in [5.41, 5.74) is 0. The lowest BCUT2D eigenvalue weighted by atomic mass is 10.4. The highest BCUT2D eigenvalue weighted by Crippen LogP contribution is 2.24. The number of halogens is 2. The molecule has 110 valence electrons. The van der Waals surface area contributed by atoms with Gasteiger partial charge in [-0.25, -0.2) is 13.1 Å². The summed E-state index contributed by atoms with van der Waals surface area (Å²) in [6, 6.07) is 4.16. The zero-order valence-corrected chi connectivity index (χ0v) is 12.9. The minimum atomic E-state index is -3.85. The van der Waals surface area contributed by atoms with E-state index in [1.807, 2.05) is 0 Å². The summed E-state index contributed by atoms with van der Waals surface area (Å²) in [5.74, 6) is -0.232. The van der Waals surface area contributed by atoms with Crippen LogP contribution in [0.5, 0.6) is 0 Å². The number of nitrogens with one attached hydrogen (secondary N) is 1. The molecule has 0 unspecified atom stereocenters. The highest BCUT2D eigenvalue weighted by Gasteiger charge is 2.22. The molecule has 0 atom stereocenters. The van der Waals surface area contributed by atoms with Gasteiger partial charge in [0.05, 0.1) is 11.6 Å². The molecular weight excluding hydrogens is 323 g/mol. The average Bonchev–Trinajstić information content (AvgIpc) is 2.93. The van der Waals surface area contributed by atoms with E-state index in [1.165, 1.54) is 18.2 Å². The largest absolute Gasteiger partial charge is 0.342 e. The maximum absolute atomic E-state index is 12.1. The van der Waals surface area contributed by atoms with Crippen molar-refractivity contribution < 1.29 is 13.2 Å². The van der Waals surface area contributed by atoms with Crippen LogP contribution in [0.3, 0.4) is 0 Å². The Morgan fingerprint density at radius 3 is 2.55 bits per heavy atom. The van der Waals surface area contributed by atoms with E-state index in [2.05, 4.69) is 4.72 Å². The molecule has 1 fully saturated rings. The molecule has 1 amide bonds. The third-order valence-electron chi connectivity index (χ3n) is 3.05. The zero-order chi connectivity index (χ0) is 14.8. The van der Waals surface area contributed by atoms with E-state index in [4.69, 9.17) is 23.2 Å². The van der Waals surface area contributed by atoms with Crippen molar-refractivity contribution in [2.45, 2.75) is 17.7 Å². The predicted octanol–water partition coefficient (Wildman–Crippen LogP) is 1.89. The zero-order valence-electron chi connectivity index (χ0n) is 10.6. The molecule has 0 spiro atoms. The van der Waals surface area contributed by atoms with Gasteiger partial charge in [-0.3, -0.25) is 4.79 Å². The fourth-order valence-corrected chi connectivity index (χ4v) is 3.73. The van der Waals surface area contributed by atoms with Crippen molar-refractivity contribution in [3.05, 3.63) is 28.2 Å². The Morgan fingerprint density at radius 1 is 1.25 bits per heavy atom. The first kappa shape index (κ1) is 15.6. The molecular formula is C12H14Cl2N2O3S. The first-order chi connectivity index (χ1) is 9.40. The molecule has 1 aromatic rings. The summed E-state index contributed by atoms with van der Waals surface area (Å²) in [6.07, 6.45) is 1.91. The quantitative estimate of drug-likeness (QED) is 0.912. The Morgan fingerprint density at radius 2 is 1.90 bits per heavy atom. The molecule has 0 saturated carbocycles. The van der Waals surface area contributed by atoms with Gasteiger partial charge >= 0.3 is 0 Å². The Kier molecular flexibility index (Phi) is 4.90. The second-order valence-electron chi connectivity index (χ2n) is 4.49. The molecule has 8 heteroatoms. The SMILES string of the molecule is O=C(CNS(=O)(=O)c1cc(Cl)ccc1Cl)N1CCCC1. The standard InChI is InChI=1S/C12H14Cl2N2O3S/c13-9-3-4-10(14)11(7-9)20(18,19)15-8-12(17)16-5-1-2-6-16/h3-4,7,15H,1-2,5-6,8H2. The average molecular weight is 337 g/mol. The monoisotopic (exact) mass is 336 g/mol. The smallest absolute Gasteiger partial charge is 0.242 e. The maximum atomic E-state index is 12.1. The number of amides is 1. The molecule has 5 nitrogen and oxygen atoms in total. The summed E-state index contributed by atoms with van der Waals surface area (Å²) in [4.78, 5) is 13.3. The van der Waals surface area contributed by atoms with Gasteiger partial charge in [0.2, 0.25) is 15.9 Å². The van der Waals surface area contributed by atoms with Crippen molar-refractivity contribution >= 4 is 39.1 Å². The second kappa shape index (κ2) is 6.30. The van der Waals surface area contributed by atoms with E-state index >= 15 is 0 Å². The molecule has 0 radical (unpaired) electrons. The topological polar surface area (TPSA) is 66.5 Å². The number of rotatable bonds is 4. The number of sulfonamides is 1. The van der Waals surface area contributed by atoms with Crippen LogP contribution >= 0.6 is 23.2 Å². The molecule has 0 aliphatic carbocycles. The van der Waals surface area contributed by atoms with Crippen LogP contribution in [-0.2, 0) is 14.8 Å². The van der Waals surface area contributed by atoms with Crippen LogP contribution < -0.4 is 4.72 Å². The summed E-state index contributed by atoms with van der Waals surface area (Å²) in [6.45, 7) is 1.09. The van der Waals surface area contributed by atoms with Crippen molar-refractivity contribution in [3.63, 3.8) is 0 Å². The number of hydrogen-bond acceptors (Lipinski definition) is 3. The van der Waals surface area contributed by atoms with E-state index in [-0.39, 0.29) is 27.4 Å². The third-order valence-corrected chi connectivity index (χ3v) is 5.17. The van der Waals surface area contributed by atoms with Crippen molar-refractivity contribution in [2.24, 2.45) is 0 Å². The predicted molar refractivity (Wildman–Crippen MR) is 77.5 cm³/mol.